The third-order valence-electron chi connectivity index (χ3n) is 8.16. The van der Waals surface area contributed by atoms with Gasteiger partial charge in [-0.2, -0.15) is 5.10 Å². The van der Waals surface area contributed by atoms with Gasteiger partial charge >= 0.3 is 0 Å². The molecule has 0 aliphatic carbocycles. The van der Waals surface area contributed by atoms with Crippen LogP contribution in [0.25, 0.3) is 22.0 Å². The Morgan fingerprint density at radius 3 is 2.72 bits per heavy atom. The first kappa shape index (κ1) is 25.6. The smallest absolute Gasteiger partial charge is 0.264 e. The number of pyridine rings is 1. The Hall–Kier alpha value is -3.72. The molecule has 4 heterocycles. The third-order valence-corrected chi connectivity index (χ3v) is 8.16. The molecule has 0 radical (unpaired) electrons. The fourth-order valence-corrected chi connectivity index (χ4v) is 6.08. The van der Waals surface area contributed by atoms with Crippen LogP contribution in [0.1, 0.15) is 48.4 Å². The summed E-state index contributed by atoms with van der Waals surface area (Å²) >= 11 is 0. The van der Waals surface area contributed by atoms with Gasteiger partial charge in [-0.1, -0.05) is 0 Å². The van der Waals surface area contributed by atoms with Crippen LogP contribution in [0.15, 0.2) is 47.5 Å². The van der Waals surface area contributed by atoms with Crippen LogP contribution in [0.3, 0.4) is 0 Å². The molecular formula is C30H33F2N5O2. The van der Waals surface area contributed by atoms with Gasteiger partial charge in [0.15, 0.2) is 0 Å². The summed E-state index contributed by atoms with van der Waals surface area (Å²) in [5, 5.41) is 8.82. The summed E-state index contributed by atoms with van der Waals surface area (Å²) in [6.07, 6.45) is 4.74. The molecule has 0 spiro atoms. The van der Waals surface area contributed by atoms with Crippen molar-refractivity contribution >= 4 is 22.3 Å². The highest BCUT2D eigenvalue weighted by atomic mass is 19.3. The Morgan fingerprint density at radius 1 is 1.13 bits per heavy atom. The van der Waals surface area contributed by atoms with Crippen LogP contribution in [0, 0.1) is 6.92 Å². The number of nitrogens with one attached hydrogen (secondary N) is 1. The van der Waals surface area contributed by atoms with E-state index in [0.717, 1.165) is 66.6 Å². The Bertz CT molecular complexity index is 1600. The van der Waals surface area contributed by atoms with Crippen LogP contribution in [0.2, 0.25) is 0 Å². The van der Waals surface area contributed by atoms with Crippen LogP contribution in [0.5, 0.6) is 5.75 Å². The number of ether oxygens (including phenoxy) is 1. The van der Waals surface area contributed by atoms with Crippen molar-refractivity contribution < 1.29 is 13.5 Å². The molecule has 7 nitrogen and oxygen atoms in total. The van der Waals surface area contributed by atoms with Gasteiger partial charge in [0.25, 0.3) is 12.0 Å². The van der Waals surface area contributed by atoms with E-state index in [1.165, 1.54) is 0 Å². The van der Waals surface area contributed by atoms with Gasteiger partial charge < -0.3 is 19.5 Å². The minimum Gasteiger partial charge on any atom is -0.497 e. The number of nitrogens with zero attached hydrogens (tertiary/aromatic N) is 4. The molecule has 204 valence electrons. The number of piperidine rings is 1. The molecule has 0 saturated carbocycles. The SMILES string of the molecule is COc1cc(N2CCCc3cc(-c4cnn(C5CCCNC5)c4)c(C(F)F)cc32)c2cc(C)c(=O)n(C)c2c1. The zero-order valence-electron chi connectivity index (χ0n) is 22.5. The number of anilines is 2. The van der Waals surface area contributed by atoms with Gasteiger partial charge in [-0.05, 0) is 68.5 Å². The summed E-state index contributed by atoms with van der Waals surface area (Å²) in [5.41, 5.74) is 5.17. The molecule has 2 aromatic heterocycles. The average molecular weight is 534 g/mol. The first-order valence-corrected chi connectivity index (χ1v) is 13.5. The van der Waals surface area contributed by atoms with Gasteiger partial charge in [0, 0.05) is 66.2 Å². The van der Waals surface area contributed by atoms with Crippen molar-refractivity contribution in [2.24, 2.45) is 7.05 Å². The lowest BCUT2D eigenvalue weighted by Crippen LogP contribution is -2.31. The Morgan fingerprint density at radius 2 is 1.97 bits per heavy atom. The number of hydrogen-bond donors (Lipinski definition) is 1. The molecule has 6 rings (SSSR count). The van der Waals surface area contributed by atoms with Crippen molar-refractivity contribution in [3.63, 3.8) is 0 Å². The van der Waals surface area contributed by atoms with E-state index in [0.29, 0.717) is 29.0 Å². The largest absolute Gasteiger partial charge is 0.497 e. The molecule has 0 amide bonds. The maximum absolute atomic E-state index is 14.6. The topological polar surface area (TPSA) is 64.3 Å². The van der Waals surface area contributed by atoms with Crippen LogP contribution in [-0.4, -0.2) is 41.1 Å². The lowest BCUT2D eigenvalue weighted by molar-refractivity contribution is 0.152. The second-order valence-electron chi connectivity index (χ2n) is 10.6. The second-order valence-corrected chi connectivity index (χ2v) is 10.6. The van der Waals surface area contributed by atoms with E-state index < -0.39 is 6.43 Å². The quantitative estimate of drug-likeness (QED) is 0.358. The molecule has 1 atom stereocenters. The van der Waals surface area contributed by atoms with Crippen molar-refractivity contribution in [2.75, 3.05) is 31.6 Å². The van der Waals surface area contributed by atoms with E-state index in [4.69, 9.17) is 4.74 Å². The molecule has 1 saturated heterocycles. The molecule has 4 aromatic rings. The van der Waals surface area contributed by atoms with Crippen LogP contribution in [-0.2, 0) is 13.5 Å². The van der Waals surface area contributed by atoms with Crippen molar-refractivity contribution in [3.8, 4) is 16.9 Å². The molecule has 1 unspecified atom stereocenters. The Balaban J connectivity index is 1.49. The lowest BCUT2D eigenvalue weighted by Gasteiger charge is -2.34. The van der Waals surface area contributed by atoms with Gasteiger partial charge in [0.2, 0.25) is 0 Å². The lowest BCUT2D eigenvalue weighted by atomic mass is 9.92. The summed E-state index contributed by atoms with van der Waals surface area (Å²) in [6.45, 7) is 4.30. The standard InChI is InChI=1S/C30H33F2N5O2/c1-18-10-25-27(35(2)30(18)38)12-22(39-3)13-28(25)36-9-5-6-19-11-23(24(29(31)32)14-26(19)36)20-15-34-37(17-20)21-7-4-8-33-16-21/h10-15,17,21,29,33H,4-9,16H2,1-3H3. The fraction of sp³-hybridized carbons (Fsp3) is 0.400. The van der Waals surface area contributed by atoms with E-state index in [9.17, 15) is 13.6 Å². The van der Waals surface area contributed by atoms with Crippen molar-refractivity contribution in [2.45, 2.75) is 45.1 Å². The summed E-state index contributed by atoms with van der Waals surface area (Å²) in [6, 6.07) is 9.46. The highest BCUT2D eigenvalue weighted by molar-refractivity contribution is 5.96. The molecular weight excluding hydrogens is 500 g/mol. The number of alkyl halides is 2. The predicted molar refractivity (Wildman–Crippen MR) is 150 cm³/mol. The number of halogens is 2. The molecule has 2 aliphatic heterocycles. The number of benzene rings is 2. The molecule has 1 N–H and O–H groups in total. The van der Waals surface area contributed by atoms with E-state index in [-0.39, 0.29) is 17.2 Å². The minimum atomic E-state index is -2.64. The van der Waals surface area contributed by atoms with Crippen LogP contribution >= 0.6 is 0 Å². The molecule has 2 aromatic carbocycles. The average Bonchev–Trinajstić information content (AvgIpc) is 3.45. The predicted octanol–water partition coefficient (Wildman–Crippen LogP) is 5.67. The van der Waals surface area contributed by atoms with Gasteiger partial charge in [0.1, 0.15) is 5.75 Å². The van der Waals surface area contributed by atoms with Crippen molar-refractivity contribution in [1.29, 1.82) is 0 Å². The third kappa shape index (κ3) is 4.48. The Kier molecular flexibility index (Phi) is 6.62. The zero-order chi connectivity index (χ0) is 27.3. The van der Waals surface area contributed by atoms with Crippen LogP contribution in [0.4, 0.5) is 20.2 Å². The molecule has 39 heavy (non-hydrogen) atoms. The fourth-order valence-electron chi connectivity index (χ4n) is 6.08. The van der Waals surface area contributed by atoms with Gasteiger partial charge in [-0.3, -0.25) is 9.48 Å². The normalized spacial score (nSPS) is 17.6. The van der Waals surface area contributed by atoms with E-state index >= 15 is 0 Å². The zero-order valence-corrected chi connectivity index (χ0v) is 22.5. The number of fused-ring (bicyclic) bond motifs is 2. The molecule has 9 heteroatoms. The molecule has 0 bridgehead atoms. The molecule has 2 aliphatic rings. The number of methoxy groups -OCH3 is 1. The number of hydrogen-bond acceptors (Lipinski definition) is 5. The van der Waals surface area contributed by atoms with E-state index in [1.807, 2.05) is 35.1 Å². The van der Waals surface area contributed by atoms with Gasteiger partial charge in [0.05, 0.1) is 30.6 Å². The summed E-state index contributed by atoms with van der Waals surface area (Å²) in [7, 11) is 3.34. The van der Waals surface area contributed by atoms with E-state index in [1.54, 1.807) is 37.9 Å². The first-order chi connectivity index (χ1) is 18.9. The van der Waals surface area contributed by atoms with Gasteiger partial charge in [-0.15, -0.1) is 0 Å². The Labute approximate surface area is 226 Å². The highest BCUT2D eigenvalue weighted by Gasteiger charge is 2.27. The van der Waals surface area contributed by atoms with Gasteiger partial charge in [-0.25, -0.2) is 8.78 Å². The second kappa shape index (κ2) is 10.1. The number of aryl methyl sites for hydroxylation is 3. The highest BCUT2D eigenvalue weighted by Crippen LogP contribution is 2.44. The molecule has 1 fully saturated rings. The number of rotatable bonds is 5. The summed E-state index contributed by atoms with van der Waals surface area (Å²) < 4.78 is 38.3. The van der Waals surface area contributed by atoms with Crippen molar-refractivity contribution in [3.05, 3.63) is 69.8 Å². The summed E-state index contributed by atoms with van der Waals surface area (Å²) in [5.74, 6) is 0.610. The maximum Gasteiger partial charge on any atom is 0.264 e. The van der Waals surface area contributed by atoms with Crippen molar-refractivity contribution in [1.82, 2.24) is 19.7 Å². The van der Waals surface area contributed by atoms with Crippen LogP contribution < -0.4 is 20.5 Å². The maximum atomic E-state index is 14.6. The first-order valence-electron chi connectivity index (χ1n) is 13.5. The number of aromatic nitrogens is 3. The summed E-state index contributed by atoms with van der Waals surface area (Å²) in [4.78, 5) is 14.8. The minimum absolute atomic E-state index is 0.00208. The van der Waals surface area contributed by atoms with E-state index in [2.05, 4.69) is 15.3 Å². The monoisotopic (exact) mass is 533 g/mol.